The van der Waals surface area contributed by atoms with Crippen LogP contribution in [-0.4, -0.2) is 18.6 Å². The number of nitrogens with one attached hydrogen (secondary N) is 1. The van der Waals surface area contributed by atoms with Crippen LogP contribution in [0.5, 0.6) is 5.75 Å². The van der Waals surface area contributed by atoms with Crippen molar-refractivity contribution in [2.45, 2.75) is 66.3 Å². The highest BCUT2D eigenvalue weighted by Gasteiger charge is 2.30. The lowest BCUT2D eigenvalue weighted by Crippen LogP contribution is -2.41. The van der Waals surface area contributed by atoms with E-state index in [1.54, 1.807) is 0 Å². The van der Waals surface area contributed by atoms with Crippen LogP contribution in [0.25, 0.3) is 0 Å². The number of hydrogen-bond acceptors (Lipinski definition) is 2. The SMILES string of the molecule is Cc1ccc(C)c(OCC(=O)NC2CCC(C(C)(C)C)CC2)c1. The minimum absolute atomic E-state index is 0.00915. The van der Waals surface area contributed by atoms with Crippen LogP contribution in [0.4, 0.5) is 0 Å². The van der Waals surface area contributed by atoms with Gasteiger partial charge in [-0.1, -0.05) is 32.9 Å². The van der Waals surface area contributed by atoms with Crippen LogP contribution < -0.4 is 10.1 Å². The van der Waals surface area contributed by atoms with Crippen LogP contribution in [0.1, 0.15) is 57.6 Å². The highest BCUT2D eigenvalue weighted by atomic mass is 16.5. The average Bonchev–Trinajstić information content (AvgIpc) is 2.48. The fraction of sp³-hybridized carbons (Fsp3) is 0.650. The second-order valence-electron chi connectivity index (χ2n) is 8.04. The van der Waals surface area contributed by atoms with Gasteiger partial charge in [0, 0.05) is 6.04 Å². The van der Waals surface area contributed by atoms with Crippen LogP contribution in [0, 0.1) is 25.2 Å². The smallest absolute Gasteiger partial charge is 0.258 e. The van der Waals surface area contributed by atoms with Gasteiger partial charge < -0.3 is 10.1 Å². The zero-order valence-corrected chi connectivity index (χ0v) is 15.2. The van der Waals surface area contributed by atoms with E-state index in [-0.39, 0.29) is 12.5 Å². The van der Waals surface area contributed by atoms with Crippen molar-refractivity contribution >= 4 is 5.91 Å². The summed E-state index contributed by atoms with van der Waals surface area (Å²) >= 11 is 0. The number of carbonyl (C=O) groups is 1. The first-order valence-corrected chi connectivity index (χ1v) is 8.75. The summed E-state index contributed by atoms with van der Waals surface area (Å²) in [6.45, 7) is 11.1. The second-order valence-corrected chi connectivity index (χ2v) is 8.04. The molecule has 128 valence electrons. The van der Waals surface area contributed by atoms with Crippen molar-refractivity contribution in [1.29, 1.82) is 0 Å². The summed E-state index contributed by atoms with van der Waals surface area (Å²) in [4.78, 5) is 12.1. The van der Waals surface area contributed by atoms with E-state index in [2.05, 4.69) is 32.2 Å². The molecule has 0 heterocycles. The van der Waals surface area contributed by atoms with Gasteiger partial charge in [0.1, 0.15) is 5.75 Å². The van der Waals surface area contributed by atoms with E-state index in [0.29, 0.717) is 11.5 Å². The van der Waals surface area contributed by atoms with Gasteiger partial charge in [0.15, 0.2) is 6.61 Å². The fourth-order valence-corrected chi connectivity index (χ4v) is 3.38. The molecular weight excluding hydrogens is 286 g/mol. The topological polar surface area (TPSA) is 38.3 Å². The van der Waals surface area contributed by atoms with E-state index in [9.17, 15) is 4.79 Å². The Kier molecular flexibility index (Phi) is 5.72. The second kappa shape index (κ2) is 7.37. The number of aryl methyl sites for hydroxylation is 2. The molecule has 3 heteroatoms. The maximum atomic E-state index is 12.1. The summed E-state index contributed by atoms with van der Waals surface area (Å²) in [7, 11) is 0. The van der Waals surface area contributed by atoms with E-state index >= 15 is 0 Å². The third kappa shape index (κ3) is 5.26. The molecule has 0 saturated heterocycles. The predicted octanol–water partition coefficient (Wildman–Crippen LogP) is 4.40. The van der Waals surface area contributed by atoms with E-state index in [1.807, 2.05) is 26.0 Å². The van der Waals surface area contributed by atoms with Gasteiger partial charge in [0.05, 0.1) is 0 Å². The third-order valence-electron chi connectivity index (χ3n) is 5.02. The number of amides is 1. The zero-order chi connectivity index (χ0) is 17.0. The minimum atomic E-state index is -0.00915. The molecule has 1 saturated carbocycles. The Labute approximate surface area is 140 Å². The number of benzene rings is 1. The van der Waals surface area contributed by atoms with Gasteiger partial charge in [0.25, 0.3) is 5.91 Å². The van der Waals surface area contributed by atoms with Gasteiger partial charge in [-0.25, -0.2) is 0 Å². The molecule has 0 unspecified atom stereocenters. The number of ether oxygens (including phenoxy) is 1. The van der Waals surface area contributed by atoms with E-state index in [1.165, 1.54) is 12.8 Å². The Hall–Kier alpha value is -1.51. The average molecular weight is 317 g/mol. The van der Waals surface area contributed by atoms with Gasteiger partial charge in [-0.3, -0.25) is 4.79 Å². The van der Waals surface area contributed by atoms with Crippen LogP contribution in [0.2, 0.25) is 0 Å². The van der Waals surface area contributed by atoms with E-state index < -0.39 is 0 Å². The Morgan fingerprint density at radius 2 is 1.83 bits per heavy atom. The first kappa shape index (κ1) is 17.8. The summed E-state index contributed by atoms with van der Waals surface area (Å²) in [6.07, 6.45) is 4.56. The van der Waals surface area contributed by atoms with Gasteiger partial charge >= 0.3 is 0 Å². The number of carbonyl (C=O) groups excluding carboxylic acids is 1. The minimum Gasteiger partial charge on any atom is -0.483 e. The largest absolute Gasteiger partial charge is 0.483 e. The molecule has 1 aromatic carbocycles. The molecule has 1 N–H and O–H groups in total. The molecular formula is C20H31NO2. The summed E-state index contributed by atoms with van der Waals surface area (Å²) in [5, 5.41) is 3.13. The van der Waals surface area contributed by atoms with Crippen LogP contribution in [0.3, 0.4) is 0 Å². The van der Waals surface area contributed by atoms with Crippen molar-refractivity contribution in [2.24, 2.45) is 11.3 Å². The molecule has 1 aliphatic rings. The zero-order valence-electron chi connectivity index (χ0n) is 15.2. The molecule has 1 amide bonds. The lowest BCUT2D eigenvalue weighted by molar-refractivity contribution is -0.124. The first-order chi connectivity index (χ1) is 10.8. The number of rotatable bonds is 4. The van der Waals surface area contributed by atoms with Gasteiger partial charge in [0.2, 0.25) is 0 Å². The van der Waals surface area contributed by atoms with Crippen LogP contribution in [0.15, 0.2) is 18.2 Å². The highest BCUT2D eigenvalue weighted by Crippen LogP contribution is 2.37. The van der Waals surface area contributed by atoms with Crippen molar-refractivity contribution in [1.82, 2.24) is 5.32 Å². The molecule has 1 aromatic rings. The van der Waals surface area contributed by atoms with Crippen molar-refractivity contribution in [3.05, 3.63) is 29.3 Å². The fourth-order valence-electron chi connectivity index (χ4n) is 3.38. The lowest BCUT2D eigenvalue weighted by Gasteiger charge is -2.37. The van der Waals surface area contributed by atoms with Crippen molar-refractivity contribution in [3.8, 4) is 5.75 Å². The molecule has 0 aliphatic heterocycles. The molecule has 0 spiro atoms. The van der Waals surface area contributed by atoms with E-state index in [0.717, 1.165) is 35.6 Å². The van der Waals surface area contributed by atoms with Crippen LogP contribution in [-0.2, 0) is 4.79 Å². The number of hydrogen-bond donors (Lipinski definition) is 1. The molecule has 0 aromatic heterocycles. The quantitative estimate of drug-likeness (QED) is 0.893. The van der Waals surface area contributed by atoms with Crippen molar-refractivity contribution < 1.29 is 9.53 Å². The molecule has 0 radical (unpaired) electrons. The van der Waals surface area contributed by atoms with Crippen molar-refractivity contribution in [3.63, 3.8) is 0 Å². The maximum absolute atomic E-state index is 12.1. The van der Waals surface area contributed by atoms with Gasteiger partial charge in [-0.05, 0) is 68.1 Å². The predicted molar refractivity (Wildman–Crippen MR) is 94.8 cm³/mol. The summed E-state index contributed by atoms with van der Waals surface area (Å²) in [6, 6.07) is 6.37. The van der Waals surface area contributed by atoms with E-state index in [4.69, 9.17) is 4.74 Å². The molecule has 23 heavy (non-hydrogen) atoms. The summed E-state index contributed by atoms with van der Waals surface area (Å²) in [5.74, 6) is 1.56. The Morgan fingerprint density at radius 1 is 1.17 bits per heavy atom. The molecule has 1 aliphatic carbocycles. The maximum Gasteiger partial charge on any atom is 0.258 e. The normalized spacial score (nSPS) is 21.8. The Morgan fingerprint density at radius 3 is 2.43 bits per heavy atom. The molecule has 0 bridgehead atoms. The monoisotopic (exact) mass is 317 g/mol. The Balaban J connectivity index is 1.77. The van der Waals surface area contributed by atoms with Gasteiger partial charge in [-0.2, -0.15) is 0 Å². The Bertz CT molecular complexity index is 537. The standard InChI is InChI=1S/C20H31NO2/c1-14-6-7-15(2)18(12-14)23-13-19(22)21-17-10-8-16(9-11-17)20(3,4)5/h6-7,12,16-17H,8-11,13H2,1-5H3,(H,21,22). The molecule has 0 atom stereocenters. The lowest BCUT2D eigenvalue weighted by atomic mass is 9.71. The first-order valence-electron chi connectivity index (χ1n) is 8.75. The van der Waals surface area contributed by atoms with Crippen LogP contribution >= 0.6 is 0 Å². The highest BCUT2D eigenvalue weighted by molar-refractivity contribution is 5.77. The third-order valence-corrected chi connectivity index (χ3v) is 5.02. The molecule has 3 nitrogen and oxygen atoms in total. The summed E-state index contributed by atoms with van der Waals surface area (Å²) in [5.41, 5.74) is 2.58. The summed E-state index contributed by atoms with van der Waals surface area (Å²) < 4.78 is 5.68. The molecule has 2 rings (SSSR count). The van der Waals surface area contributed by atoms with Gasteiger partial charge in [-0.15, -0.1) is 0 Å². The van der Waals surface area contributed by atoms with Crippen molar-refractivity contribution in [2.75, 3.05) is 6.61 Å². The molecule has 1 fully saturated rings.